The molecular formula is C15H21N3O2. The highest BCUT2D eigenvalue weighted by atomic mass is 16.5. The molecule has 20 heavy (non-hydrogen) atoms. The molecule has 0 spiro atoms. The van der Waals surface area contributed by atoms with Crippen LogP contribution in [0.1, 0.15) is 12.5 Å². The van der Waals surface area contributed by atoms with Gasteiger partial charge in [0.2, 0.25) is 0 Å². The van der Waals surface area contributed by atoms with E-state index >= 15 is 0 Å². The van der Waals surface area contributed by atoms with Crippen LogP contribution in [-0.4, -0.2) is 29.8 Å². The molecule has 1 aromatic heterocycles. The average molecular weight is 275 g/mol. The molecule has 1 aromatic carbocycles. The predicted molar refractivity (Wildman–Crippen MR) is 78.1 cm³/mol. The molecule has 5 nitrogen and oxygen atoms in total. The molecule has 108 valence electrons. The number of aromatic nitrogens is 2. The van der Waals surface area contributed by atoms with E-state index in [-0.39, 0.29) is 0 Å². The second-order valence-electron chi connectivity index (χ2n) is 4.72. The third-order valence-electron chi connectivity index (χ3n) is 3.18. The first kappa shape index (κ1) is 14.4. The van der Waals surface area contributed by atoms with Crippen LogP contribution in [0.15, 0.2) is 36.9 Å². The van der Waals surface area contributed by atoms with Gasteiger partial charge in [-0.05, 0) is 13.0 Å². The van der Waals surface area contributed by atoms with Crippen LogP contribution >= 0.6 is 0 Å². The van der Waals surface area contributed by atoms with Crippen molar-refractivity contribution in [1.29, 1.82) is 0 Å². The lowest BCUT2D eigenvalue weighted by Crippen LogP contribution is -2.29. The molecule has 0 saturated carbocycles. The van der Waals surface area contributed by atoms with E-state index < -0.39 is 0 Å². The fraction of sp³-hybridized carbons (Fsp3) is 0.400. The number of hydrogen-bond donors (Lipinski definition) is 1. The summed E-state index contributed by atoms with van der Waals surface area (Å²) in [5.74, 6) is 1.64. The molecule has 1 unspecified atom stereocenters. The summed E-state index contributed by atoms with van der Waals surface area (Å²) in [5, 5.41) is 3.48. The van der Waals surface area contributed by atoms with Crippen molar-refractivity contribution in [2.75, 3.05) is 14.2 Å². The number of methoxy groups -OCH3 is 2. The first-order chi connectivity index (χ1) is 9.72. The monoisotopic (exact) mass is 275 g/mol. The molecule has 0 saturated heterocycles. The summed E-state index contributed by atoms with van der Waals surface area (Å²) in [6, 6.07) is 6.21. The average Bonchev–Trinajstić information content (AvgIpc) is 2.97. The Morgan fingerprint density at radius 2 is 2.15 bits per heavy atom. The van der Waals surface area contributed by atoms with Gasteiger partial charge in [-0.25, -0.2) is 4.98 Å². The molecule has 0 aliphatic carbocycles. The van der Waals surface area contributed by atoms with Crippen molar-refractivity contribution < 1.29 is 9.47 Å². The lowest BCUT2D eigenvalue weighted by Gasteiger charge is -2.16. The van der Waals surface area contributed by atoms with Crippen molar-refractivity contribution in [3.05, 3.63) is 42.5 Å². The Hall–Kier alpha value is -2.01. The van der Waals surface area contributed by atoms with Crippen LogP contribution < -0.4 is 14.8 Å². The van der Waals surface area contributed by atoms with Crippen LogP contribution in [0.5, 0.6) is 11.5 Å². The van der Waals surface area contributed by atoms with Gasteiger partial charge < -0.3 is 19.4 Å². The fourth-order valence-corrected chi connectivity index (χ4v) is 2.06. The van der Waals surface area contributed by atoms with Gasteiger partial charge in [0.05, 0.1) is 20.5 Å². The zero-order chi connectivity index (χ0) is 14.4. The lowest BCUT2D eigenvalue weighted by atomic mass is 10.1. The number of nitrogens with one attached hydrogen (secondary N) is 1. The third kappa shape index (κ3) is 3.74. The summed E-state index contributed by atoms with van der Waals surface area (Å²) in [5.41, 5.74) is 1.12. The number of benzene rings is 1. The van der Waals surface area contributed by atoms with Crippen molar-refractivity contribution in [2.45, 2.75) is 26.1 Å². The Labute approximate surface area is 119 Å². The number of rotatable bonds is 7. The van der Waals surface area contributed by atoms with Crippen molar-refractivity contribution in [1.82, 2.24) is 14.9 Å². The first-order valence-electron chi connectivity index (χ1n) is 6.63. The van der Waals surface area contributed by atoms with Gasteiger partial charge in [0.1, 0.15) is 11.5 Å². The zero-order valence-corrected chi connectivity index (χ0v) is 12.2. The summed E-state index contributed by atoms with van der Waals surface area (Å²) in [6.07, 6.45) is 5.58. The largest absolute Gasteiger partial charge is 0.497 e. The maximum atomic E-state index is 5.39. The molecule has 0 aliphatic rings. The Kier molecular flexibility index (Phi) is 5.01. The van der Waals surface area contributed by atoms with E-state index in [1.165, 1.54) is 0 Å². The molecular weight excluding hydrogens is 254 g/mol. The minimum Gasteiger partial charge on any atom is -0.497 e. The van der Waals surface area contributed by atoms with Gasteiger partial charge >= 0.3 is 0 Å². The Balaban J connectivity index is 1.93. The summed E-state index contributed by atoms with van der Waals surface area (Å²) in [4.78, 5) is 4.04. The summed E-state index contributed by atoms with van der Waals surface area (Å²) < 4.78 is 12.6. The van der Waals surface area contributed by atoms with E-state index in [1.807, 2.05) is 30.7 Å². The maximum absolute atomic E-state index is 5.39. The Bertz CT molecular complexity index is 526. The van der Waals surface area contributed by atoms with Crippen LogP contribution in [0.3, 0.4) is 0 Å². The molecule has 0 fully saturated rings. The molecule has 0 aliphatic heterocycles. The van der Waals surface area contributed by atoms with Gasteiger partial charge in [0, 0.05) is 43.2 Å². The molecule has 5 heteroatoms. The van der Waals surface area contributed by atoms with Crippen LogP contribution in [0.2, 0.25) is 0 Å². The van der Waals surface area contributed by atoms with E-state index in [4.69, 9.17) is 9.47 Å². The number of nitrogens with zero attached hydrogens (tertiary/aromatic N) is 2. The number of hydrogen-bond acceptors (Lipinski definition) is 4. The molecule has 2 rings (SSSR count). The summed E-state index contributed by atoms with van der Waals surface area (Å²) in [7, 11) is 3.33. The standard InChI is InChI=1S/C15H21N3O2/c1-12(10-18-7-6-16-11-18)17-9-13-4-5-14(19-2)8-15(13)20-3/h4-8,11-12,17H,9-10H2,1-3H3. The van der Waals surface area contributed by atoms with Crippen molar-refractivity contribution in [2.24, 2.45) is 0 Å². The minimum atomic E-state index is 0.344. The molecule has 0 radical (unpaired) electrons. The maximum Gasteiger partial charge on any atom is 0.127 e. The molecule has 0 amide bonds. The van der Waals surface area contributed by atoms with Gasteiger partial charge in [0.25, 0.3) is 0 Å². The second-order valence-corrected chi connectivity index (χ2v) is 4.72. The number of imidazole rings is 1. The highest BCUT2D eigenvalue weighted by molar-refractivity contribution is 5.40. The van der Waals surface area contributed by atoms with Gasteiger partial charge in [-0.1, -0.05) is 6.07 Å². The highest BCUT2D eigenvalue weighted by Gasteiger charge is 2.07. The normalized spacial score (nSPS) is 12.2. The van der Waals surface area contributed by atoms with Gasteiger partial charge in [-0.2, -0.15) is 0 Å². The zero-order valence-electron chi connectivity index (χ0n) is 12.2. The topological polar surface area (TPSA) is 48.3 Å². The van der Waals surface area contributed by atoms with Gasteiger partial charge in [-0.15, -0.1) is 0 Å². The minimum absolute atomic E-state index is 0.344. The molecule has 1 heterocycles. The van der Waals surface area contributed by atoms with Crippen molar-refractivity contribution in [3.63, 3.8) is 0 Å². The Morgan fingerprint density at radius 1 is 1.30 bits per heavy atom. The van der Waals surface area contributed by atoms with Gasteiger partial charge in [-0.3, -0.25) is 0 Å². The molecule has 0 bridgehead atoms. The third-order valence-corrected chi connectivity index (χ3v) is 3.18. The van der Waals surface area contributed by atoms with Crippen LogP contribution in [0, 0.1) is 0 Å². The van der Waals surface area contributed by atoms with Crippen LogP contribution in [-0.2, 0) is 13.1 Å². The van der Waals surface area contributed by atoms with E-state index in [2.05, 4.69) is 21.8 Å². The van der Waals surface area contributed by atoms with E-state index in [0.29, 0.717) is 6.04 Å². The van der Waals surface area contributed by atoms with Crippen LogP contribution in [0.25, 0.3) is 0 Å². The van der Waals surface area contributed by atoms with E-state index in [9.17, 15) is 0 Å². The quantitative estimate of drug-likeness (QED) is 0.840. The summed E-state index contributed by atoms with van der Waals surface area (Å²) in [6.45, 7) is 3.79. The Morgan fingerprint density at radius 3 is 2.80 bits per heavy atom. The second kappa shape index (κ2) is 6.96. The first-order valence-corrected chi connectivity index (χ1v) is 6.63. The van der Waals surface area contributed by atoms with Crippen molar-refractivity contribution >= 4 is 0 Å². The SMILES string of the molecule is COc1ccc(CNC(C)Cn2ccnc2)c(OC)c1. The fourth-order valence-electron chi connectivity index (χ4n) is 2.06. The molecule has 2 aromatic rings. The number of ether oxygens (including phenoxy) is 2. The van der Waals surface area contributed by atoms with Crippen LogP contribution in [0.4, 0.5) is 0 Å². The molecule has 1 atom stereocenters. The predicted octanol–water partition coefficient (Wildman–Crippen LogP) is 2.08. The highest BCUT2D eigenvalue weighted by Crippen LogP contribution is 2.24. The smallest absolute Gasteiger partial charge is 0.127 e. The summed E-state index contributed by atoms with van der Waals surface area (Å²) >= 11 is 0. The van der Waals surface area contributed by atoms with E-state index in [1.54, 1.807) is 20.4 Å². The lowest BCUT2D eigenvalue weighted by molar-refractivity contribution is 0.387. The molecule has 1 N–H and O–H groups in total. The van der Waals surface area contributed by atoms with Crippen molar-refractivity contribution in [3.8, 4) is 11.5 Å². The van der Waals surface area contributed by atoms with Gasteiger partial charge in [0.15, 0.2) is 0 Å². The van der Waals surface area contributed by atoms with E-state index in [0.717, 1.165) is 30.2 Å².